The van der Waals surface area contributed by atoms with Gasteiger partial charge in [0.15, 0.2) is 0 Å². The summed E-state index contributed by atoms with van der Waals surface area (Å²) >= 11 is 0. The first-order valence-electron chi connectivity index (χ1n) is 10.9. The Kier molecular flexibility index (Phi) is 5.46. The fraction of sp³-hybridized carbons (Fsp3) is 0.185. The lowest BCUT2D eigenvalue weighted by Crippen LogP contribution is -2.26. The van der Waals surface area contributed by atoms with Gasteiger partial charge < -0.3 is 10.1 Å². The van der Waals surface area contributed by atoms with Gasteiger partial charge in [-0.15, -0.1) is 0 Å². The molecule has 1 aliphatic rings. The summed E-state index contributed by atoms with van der Waals surface area (Å²) in [5.41, 5.74) is 8.01. The molecule has 1 aliphatic carbocycles. The van der Waals surface area contributed by atoms with Crippen LogP contribution in [0.2, 0.25) is 0 Å². The van der Waals surface area contributed by atoms with Crippen LogP contribution in [0.15, 0.2) is 72.8 Å². The number of carbonyl (C=O) groups is 1. The van der Waals surface area contributed by atoms with E-state index in [4.69, 9.17) is 4.74 Å². The van der Waals surface area contributed by atoms with Crippen LogP contribution < -0.4 is 5.32 Å². The summed E-state index contributed by atoms with van der Waals surface area (Å²) in [5.74, 6) is 0.0774. The van der Waals surface area contributed by atoms with Crippen molar-refractivity contribution in [2.75, 3.05) is 13.2 Å². The number of aromatic nitrogens is 2. The van der Waals surface area contributed by atoms with Gasteiger partial charge in [-0.3, -0.25) is 5.10 Å². The van der Waals surface area contributed by atoms with Crippen LogP contribution in [0.4, 0.5) is 4.79 Å². The number of alkyl carbamates (subject to hydrolysis) is 1. The standard InChI is InChI=1S/C27H25N3O2/c1-18-20-14-13-19(16-26(20)30-29-18)8-6-7-15-28-27(31)32-17-25-23-11-4-2-9-21(23)22-10-3-5-12-24(22)25/h2-6,8-14,16,25H,7,15,17H2,1H3,(H,28,31)(H,29,30). The number of fused-ring (bicyclic) bond motifs is 4. The quantitative estimate of drug-likeness (QED) is 0.384. The topological polar surface area (TPSA) is 67.0 Å². The lowest BCUT2D eigenvalue weighted by molar-refractivity contribution is 0.143. The normalized spacial score (nSPS) is 12.8. The largest absolute Gasteiger partial charge is 0.449 e. The van der Waals surface area contributed by atoms with Gasteiger partial charge in [0.1, 0.15) is 6.61 Å². The molecule has 0 unspecified atom stereocenters. The number of aryl methyl sites for hydroxylation is 1. The molecule has 5 nitrogen and oxygen atoms in total. The zero-order valence-electron chi connectivity index (χ0n) is 18.0. The third kappa shape index (κ3) is 3.89. The van der Waals surface area contributed by atoms with Crippen molar-refractivity contribution in [2.24, 2.45) is 0 Å². The third-order valence-electron chi connectivity index (χ3n) is 6.00. The fourth-order valence-corrected chi connectivity index (χ4v) is 4.39. The van der Waals surface area contributed by atoms with Crippen LogP contribution >= 0.6 is 0 Å². The molecule has 0 spiro atoms. The number of carbonyl (C=O) groups excluding carboxylic acids is 1. The minimum Gasteiger partial charge on any atom is -0.449 e. The molecule has 0 bridgehead atoms. The van der Waals surface area contributed by atoms with Gasteiger partial charge in [-0.1, -0.05) is 72.8 Å². The first kappa shape index (κ1) is 20.1. The number of H-pyrrole nitrogens is 1. The van der Waals surface area contributed by atoms with Crippen molar-refractivity contribution in [3.05, 3.63) is 95.2 Å². The Balaban J connectivity index is 1.12. The number of aromatic amines is 1. The summed E-state index contributed by atoms with van der Waals surface area (Å²) in [5, 5.41) is 11.3. The molecule has 2 N–H and O–H groups in total. The van der Waals surface area contributed by atoms with E-state index in [1.807, 2.05) is 49.4 Å². The van der Waals surface area contributed by atoms with E-state index >= 15 is 0 Å². The van der Waals surface area contributed by atoms with Gasteiger partial charge in [0.05, 0.1) is 5.52 Å². The van der Waals surface area contributed by atoms with Gasteiger partial charge in [0.25, 0.3) is 0 Å². The third-order valence-corrected chi connectivity index (χ3v) is 6.00. The van der Waals surface area contributed by atoms with Crippen LogP contribution in [-0.2, 0) is 4.74 Å². The molecule has 0 fully saturated rings. The molecule has 5 heteroatoms. The van der Waals surface area contributed by atoms with E-state index in [2.05, 4.69) is 51.9 Å². The van der Waals surface area contributed by atoms with Crippen molar-refractivity contribution >= 4 is 23.1 Å². The number of benzene rings is 3. The van der Waals surface area contributed by atoms with Crippen LogP contribution in [0, 0.1) is 6.92 Å². The molecule has 0 radical (unpaired) electrons. The minimum absolute atomic E-state index is 0.0774. The SMILES string of the molecule is Cc1[nH]nc2cc(C=CCCNC(=O)OCC3c4ccccc4-c4ccccc43)ccc12. The first-order chi connectivity index (χ1) is 15.7. The molecule has 160 valence electrons. The van der Waals surface area contributed by atoms with E-state index in [9.17, 15) is 4.79 Å². The average molecular weight is 424 g/mol. The summed E-state index contributed by atoms with van der Waals surface area (Å²) < 4.78 is 5.57. The second kappa shape index (κ2) is 8.71. The number of nitrogens with zero attached hydrogens (tertiary/aromatic N) is 1. The zero-order valence-corrected chi connectivity index (χ0v) is 18.0. The maximum absolute atomic E-state index is 12.2. The van der Waals surface area contributed by atoms with Gasteiger partial charge in [0.2, 0.25) is 0 Å². The van der Waals surface area contributed by atoms with Crippen molar-refractivity contribution < 1.29 is 9.53 Å². The number of rotatable bonds is 6. The second-order valence-electron chi connectivity index (χ2n) is 8.07. The highest BCUT2D eigenvalue weighted by Gasteiger charge is 2.28. The summed E-state index contributed by atoms with van der Waals surface area (Å²) in [7, 11) is 0. The van der Waals surface area contributed by atoms with Crippen molar-refractivity contribution in [1.29, 1.82) is 0 Å². The predicted molar refractivity (Wildman–Crippen MR) is 128 cm³/mol. The number of nitrogens with one attached hydrogen (secondary N) is 2. The van der Waals surface area contributed by atoms with Crippen molar-refractivity contribution in [1.82, 2.24) is 15.5 Å². The maximum Gasteiger partial charge on any atom is 0.407 e. The predicted octanol–water partition coefficient (Wildman–Crippen LogP) is 5.81. The summed E-state index contributed by atoms with van der Waals surface area (Å²) in [6.45, 7) is 2.87. The highest BCUT2D eigenvalue weighted by molar-refractivity contribution is 5.83. The number of hydrogen-bond acceptors (Lipinski definition) is 3. The van der Waals surface area contributed by atoms with Crippen molar-refractivity contribution in [3.8, 4) is 11.1 Å². The smallest absolute Gasteiger partial charge is 0.407 e. The van der Waals surface area contributed by atoms with E-state index in [0.29, 0.717) is 13.2 Å². The molecular weight excluding hydrogens is 398 g/mol. The van der Waals surface area contributed by atoms with Crippen LogP contribution in [-0.4, -0.2) is 29.4 Å². The van der Waals surface area contributed by atoms with Crippen LogP contribution in [0.5, 0.6) is 0 Å². The van der Waals surface area contributed by atoms with E-state index in [-0.39, 0.29) is 12.0 Å². The average Bonchev–Trinajstić information content (AvgIpc) is 3.35. The van der Waals surface area contributed by atoms with Gasteiger partial charge in [-0.25, -0.2) is 4.79 Å². The monoisotopic (exact) mass is 423 g/mol. The van der Waals surface area contributed by atoms with Gasteiger partial charge in [-0.2, -0.15) is 5.10 Å². The molecule has 1 heterocycles. The Morgan fingerprint density at radius 2 is 1.78 bits per heavy atom. The molecule has 1 amide bonds. The Hall–Kier alpha value is -3.86. The first-order valence-corrected chi connectivity index (χ1v) is 10.9. The summed E-state index contributed by atoms with van der Waals surface area (Å²) in [6.07, 6.45) is 4.43. The molecule has 0 saturated heterocycles. The lowest BCUT2D eigenvalue weighted by atomic mass is 9.98. The van der Waals surface area contributed by atoms with Crippen LogP contribution in [0.3, 0.4) is 0 Å². The Labute approximate surface area is 187 Å². The van der Waals surface area contributed by atoms with Gasteiger partial charge >= 0.3 is 6.09 Å². The fourth-order valence-electron chi connectivity index (χ4n) is 4.39. The Bertz CT molecular complexity index is 1260. The molecular formula is C27H25N3O2. The van der Waals surface area contributed by atoms with E-state index in [1.165, 1.54) is 22.3 Å². The summed E-state index contributed by atoms with van der Waals surface area (Å²) in [4.78, 5) is 12.2. The minimum atomic E-state index is -0.381. The van der Waals surface area contributed by atoms with Gasteiger partial charge in [0, 0.05) is 23.5 Å². The van der Waals surface area contributed by atoms with E-state index < -0.39 is 0 Å². The van der Waals surface area contributed by atoms with Gasteiger partial charge in [-0.05, 0) is 47.2 Å². The number of amides is 1. The zero-order chi connectivity index (χ0) is 21.9. The Morgan fingerprint density at radius 3 is 2.53 bits per heavy atom. The molecule has 5 rings (SSSR count). The van der Waals surface area contributed by atoms with E-state index in [1.54, 1.807) is 0 Å². The number of hydrogen-bond donors (Lipinski definition) is 2. The lowest BCUT2D eigenvalue weighted by Gasteiger charge is -2.14. The maximum atomic E-state index is 12.2. The van der Waals surface area contributed by atoms with E-state index in [0.717, 1.165) is 28.6 Å². The molecule has 1 aromatic heterocycles. The highest BCUT2D eigenvalue weighted by Crippen LogP contribution is 2.44. The van der Waals surface area contributed by atoms with Crippen LogP contribution in [0.1, 0.15) is 34.7 Å². The molecule has 3 aromatic carbocycles. The summed E-state index contributed by atoms with van der Waals surface area (Å²) in [6, 6.07) is 22.9. The van der Waals surface area contributed by atoms with Crippen molar-refractivity contribution in [3.63, 3.8) is 0 Å². The molecule has 4 aromatic rings. The molecule has 0 saturated carbocycles. The second-order valence-corrected chi connectivity index (χ2v) is 8.07. The Morgan fingerprint density at radius 1 is 1.06 bits per heavy atom. The molecule has 0 atom stereocenters. The number of ether oxygens (including phenoxy) is 1. The molecule has 32 heavy (non-hydrogen) atoms. The molecule has 0 aliphatic heterocycles. The highest BCUT2D eigenvalue weighted by atomic mass is 16.5. The van der Waals surface area contributed by atoms with Crippen molar-refractivity contribution in [2.45, 2.75) is 19.3 Å². The van der Waals surface area contributed by atoms with Crippen LogP contribution in [0.25, 0.3) is 28.1 Å².